The molecule has 1 nitrogen and oxygen atoms in total. The van der Waals surface area contributed by atoms with Crippen molar-refractivity contribution in [1.29, 1.82) is 0 Å². The summed E-state index contributed by atoms with van der Waals surface area (Å²) in [7, 11) is 0. The highest BCUT2D eigenvalue weighted by Crippen LogP contribution is 2.28. The molecule has 2 aromatic rings. The van der Waals surface area contributed by atoms with Crippen molar-refractivity contribution in [2.24, 2.45) is 0 Å². The van der Waals surface area contributed by atoms with E-state index in [0.29, 0.717) is 5.33 Å². The molecule has 0 aliphatic heterocycles. The average Bonchev–Trinajstić information content (AvgIpc) is 2.48. The van der Waals surface area contributed by atoms with Gasteiger partial charge in [0.25, 0.3) is 0 Å². The molecule has 20 heavy (non-hydrogen) atoms. The van der Waals surface area contributed by atoms with Crippen LogP contribution < -0.4 is 4.74 Å². The van der Waals surface area contributed by atoms with Crippen LogP contribution in [0.25, 0.3) is 0 Å². The fourth-order valence-electron chi connectivity index (χ4n) is 2.06. The van der Waals surface area contributed by atoms with Gasteiger partial charge in [0, 0.05) is 15.9 Å². The molecule has 0 N–H and O–H groups in total. The van der Waals surface area contributed by atoms with Crippen molar-refractivity contribution in [2.75, 3.05) is 6.61 Å². The molecule has 0 radical (unpaired) electrons. The largest absolute Gasteiger partial charge is 0.493 e. The molecule has 0 spiro atoms. The first kappa shape index (κ1) is 15.4. The van der Waals surface area contributed by atoms with E-state index in [1.165, 1.54) is 5.56 Å². The van der Waals surface area contributed by atoms with Gasteiger partial charge in [-0.15, -0.1) is 0 Å². The molecule has 2 rings (SSSR count). The Balaban J connectivity index is 1.75. The van der Waals surface area contributed by atoms with E-state index in [1.807, 2.05) is 24.3 Å². The first-order valence-corrected chi connectivity index (χ1v) is 8.31. The molecule has 0 bridgehead atoms. The topological polar surface area (TPSA) is 9.23 Å². The van der Waals surface area contributed by atoms with Crippen molar-refractivity contribution >= 4 is 27.5 Å². The number of ether oxygens (including phenoxy) is 1. The minimum atomic E-state index is 0.714. The number of hydrogen-bond donors (Lipinski definition) is 0. The second kappa shape index (κ2) is 8.33. The van der Waals surface area contributed by atoms with Gasteiger partial charge < -0.3 is 4.74 Å². The zero-order chi connectivity index (χ0) is 14.2. The van der Waals surface area contributed by atoms with Crippen molar-refractivity contribution in [2.45, 2.75) is 24.6 Å². The number of alkyl halides is 1. The third kappa shape index (κ3) is 4.53. The summed E-state index contributed by atoms with van der Waals surface area (Å²) in [6, 6.07) is 16.3. The van der Waals surface area contributed by atoms with Crippen LogP contribution in [0.1, 0.15) is 24.0 Å². The van der Waals surface area contributed by atoms with Gasteiger partial charge in [-0.3, -0.25) is 0 Å². The number of unbranched alkanes of at least 4 members (excludes halogenated alkanes) is 1. The molecule has 0 fully saturated rings. The molecule has 0 aromatic heterocycles. The maximum absolute atomic E-state index is 6.14. The third-order valence-corrected chi connectivity index (χ3v) is 4.08. The predicted molar refractivity (Wildman–Crippen MR) is 89.0 cm³/mol. The summed E-state index contributed by atoms with van der Waals surface area (Å²) in [5.41, 5.74) is 2.41. The Kier molecular flexibility index (Phi) is 6.41. The van der Waals surface area contributed by atoms with Crippen molar-refractivity contribution in [3.63, 3.8) is 0 Å². The smallest absolute Gasteiger partial charge is 0.124 e. The van der Waals surface area contributed by atoms with Crippen LogP contribution in [0.2, 0.25) is 5.02 Å². The Hall–Kier alpha value is -0.990. The number of aryl methyl sites for hydroxylation is 1. The quantitative estimate of drug-likeness (QED) is 0.462. The Bertz CT molecular complexity index is 528. The van der Waals surface area contributed by atoms with Gasteiger partial charge in [0.15, 0.2) is 0 Å². The van der Waals surface area contributed by atoms with Gasteiger partial charge >= 0.3 is 0 Å². The third-order valence-electron chi connectivity index (χ3n) is 3.17. The van der Waals surface area contributed by atoms with E-state index in [1.54, 1.807) is 0 Å². The van der Waals surface area contributed by atoms with Gasteiger partial charge in [0.2, 0.25) is 0 Å². The van der Waals surface area contributed by atoms with Crippen LogP contribution in [-0.2, 0) is 11.8 Å². The van der Waals surface area contributed by atoms with Gasteiger partial charge in [0.05, 0.1) is 6.61 Å². The highest BCUT2D eigenvalue weighted by molar-refractivity contribution is 9.08. The molecule has 0 atom stereocenters. The summed E-state index contributed by atoms with van der Waals surface area (Å²) in [4.78, 5) is 0. The van der Waals surface area contributed by atoms with Gasteiger partial charge in [-0.1, -0.05) is 63.9 Å². The van der Waals surface area contributed by atoms with Gasteiger partial charge in [-0.25, -0.2) is 0 Å². The zero-order valence-electron chi connectivity index (χ0n) is 11.3. The predicted octanol–water partition coefficient (Wildman–Crippen LogP) is 5.64. The lowest BCUT2D eigenvalue weighted by molar-refractivity contribution is 0.305. The van der Waals surface area contributed by atoms with Crippen molar-refractivity contribution in [3.8, 4) is 5.75 Å². The molecule has 0 aliphatic rings. The normalized spacial score (nSPS) is 10.5. The van der Waals surface area contributed by atoms with E-state index >= 15 is 0 Å². The minimum absolute atomic E-state index is 0.714. The first-order chi connectivity index (χ1) is 9.81. The zero-order valence-corrected chi connectivity index (χ0v) is 13.7. The Morgan fingerprint density at radius 3 is 2.50 bits per heavy atom. The molecule has 0 saturated carbocycles. The van der Waals surface area contributed by atoms with Crippen LogP contribution in [0.5, 0.6) is 5.75 Å². The standard InChI is InChI=1S/C17H18BrClO/c18-13-15-16(19)10-6-11-17(15)20-12-5-4-9-14-7-2-1-3-8-14/h1-3,6-8,10-11H,4-5,9,12-13H2. The highest BCUT2D eigenvalue weighted by Gasteiger charge is 2.06. The van der Waals surface area contributed by atoms with Crippen LogP contribution in [-0.4, -0.2) is 6.61 Å². The lowest BCUT2D eigenvalue weighted by Gasteiger charge is -2.11. The van der Waals surface area contributed by atoms with E-state index in [2.05, 4.69) is 40.2 Å². The van der Waals surface area contributed by atoms with Gasteiger partial charge in [0.1, 0.15) is 5.75 Å². The molecule has 106 valence electrons. The molecule has 0 saturated heterocycles. The summed E-state index contributed by atoms with van der Waals surface area (Å²) in [6.07, 6.45) is 3.28. The monoisotopic (exact) mass is 352 g/mol. The fraction of sp³-hybridized carbons (Fsp3) is 0.294. The summed E-state index contributed by atoms with van der Waals surface area (Å²) in [6.45, 7) is 0.729. The minimum Gasteiger partial charge on any atom is -0.493 e. The number of hydrogen-bond acceptors (Lipinski definition) is 1. The number of benzene rings is 2. The summed E-state index contributed by atoms with van der Waals surface area (Å²) in [5, 5.41) is 1.47. The molecular formula is C17H18BrClO. The number of halogens is 2. The molecule has 3 heteroatoms. The molecule has 2 aromatic carbocycles. The van der Waals surface area contributed by atoms with Crippen LogP contribution in [0.15, 0.2) is 48.5 Å². The van der Waals surface area contributed by atoms with Crippen LogP contribution >= 0.6 is 27.5 Å². The maximum atomic E-state index is 6.14. The lowest BCUT2D eigenvalue weighted by atomic mass is 10.1. The highest BCUT2D eigenvalue weighted by atomic mass is 79.9. The average molecular weight is 354 g/mol. The second-order valence-corrected chi connectivity index (χ2v) is 5.61. The van der Waals surface area contributed by atoms with Crippen LogP contribution in [0, 0.1) is 0 Å². The van der Waals surface area contributed by atoms with E-state index in [9.17, 15) is 0 Å². The van der Waals surface area contributed by atoms with E-state index in [-0.39, 0.29) is 0 Å². The van der Waals surface area contributed by atoms with E-state index < -0.39 is 0 Å². The number of rotatable bonds is 7. The molecular weight excluding hydrogens is 336 g/mol. The van der Waals surface area contributed by atoms with Crippen molar-refractivity contribution in [1.82, 2.24) is 0 Å². The maximum Gasteiger partial charge on any atom is 0.124 e. The van der Waals surface area contributed by atoms with Crippen LogP contribution in [0.3, 0.4) is 0 Å². The SMILES string of the molecule is Clc1cccc(OCCCCc2ccccc2)c1CBr. The molecule has 0 unspecified atom stereocenters. The molecule has 0 aliphatic carbocycles. The first-order valence-electron chi connectivity index (χ1n) is 6.81. The summed E-state index contributed by atoms with van der Waals surface area (Å²) in [5.74, 6) is 0.883. The lowest BCUT2D eigenvalue weighted by Crippen LogP contribution is -2.00. The Morgan fingerprint density at radius 1 is 0.950 bits per heavy atom. The summed E-state index contributed by atoms with van der Waals surface area (Å²) < 4.78 is 5.83. The van der Waals surface area contributed by atoms with Crippen LogP contribution in [0.4, 0.5) is 0 Å². The van der Waals surface area contributed by atoms with Gasteiger partial charge in [-0.05, 0) is 37.0 Å². The van der Waals surface area contributed by atoms with Gasteiger partial charge in [-0.2, -0.15) is 0 Å². The van der Waals surface area contributed by atoms with E-state index in [4.69, 9.17) is 16.3 Å². The van der Waals surface area contributed by atoms with Crippen molar-refractivity contribution < 1.29 is 4.74 Å². The molecule has 0 heterocycles. The molecule has 0 amide bonds. The second-order valence-electron chi connectivity index (χ2n) is 4.64. The van der Waals surface area contributed by atoms with Crippen molar-refractivity contribution in [3.05, 3.63) is 64.7 Å². The Morgan fingerprint density at radius 2 is 1.75 bits per heavy atom. The fourth-order valence-corrected chi connectivity index (χ4v) is 3.03. The Labute approximate surface area is 134 Å². The van der Waals surface area contributed by atoms with E-state index in [0.717, 1.165) is 42.2 Å². The summed E-state index contributed by atoms with van der Waals surface area (Å²) >= 11 is 9.59.